The zero-order valence-electron chi connectivity index (χ0n) is 12.7. The molecule has 5 heteroatoms. The van der Waals surface area contributed by atoms with Gasteiger partial charge in [0.1, 0.15) is 0 Å². The zero-order chi connectivity index (χ0) is 14.8. The first-order valence-corrected chi connectivity index (χ1v) is 7.16. The second kappa shape index (κ2) is 9.31. The van der Waals surface area contributed by atoms with Crippen molar-refractivity contribution in [3.63, 3.8) is 0 Å². The zero-order valence-corrected chi connectivity index (χ0v) is 12.7. The van der Waals surface area contributed by atoms with Crippen LogP contribution in [0.3, 0.4) is 0 Å². The second-order valence-corrected chi connectivity index (χ2v) is 4.75. The minimum atomic E-state index is -0.0754. The van der Waals surface area contributed by atoms with E-state index in [-0.39, 0.29) is 5.91 Å². The highest BCUT2D eigenvalue weighted by molar-refractivity contribution is 5.99. The van der Waals surface area contributed by atoms with E-state index < -0.39 is 0 Å². The number of carbonyl (C=O) groups excluding carboxylic acids is 1. The number of rotatable bonds is 9. The Hall–Kier alpha value is -1.62. The standard InChI is InChI=1S/C15H25N3O2/c1-4-7-16-14-10-12(2)18-11-13(14)15(19)17-8-5-6-9-20-3/h10-11H,4-9H2,1-3H3,(H,16,18)(H,17,19). The number of hydrogen-bond acceptors (Lipinski definition) is 4. The van der Waals surface area contributed by atoms with E-state index in [2.05, 4.69) is 22.5 Å². The first kappa shape index (κ1) is 16.4. The number of aromatic nitrogens is 1. The number of anilines is 1. The molecule has 0 unspecified atom stereocenters. The van der Waals surface area contributed by atoms with E-state index in [9.17, 15) is 4.79 Å². The topological polar surface area (TPSA) is 63.2 Å². The molecule has 5 nitrogen and oxygen atoms in total. The maximum absolute atomic E-state index is 12.2. The summed E-state index contributed by atoms with van der Waals surface area (Å²) >= 11 is 0. The molecule has 1 aromatic rings. The van der Waals surface area contributed by atoms with Crippen molar-refractivity contribution in [2.75, 3.05) is 32.1 Å². The van der Waals surface area contributed by atoms with Gasteiger partial charge in [-0.3, -0.25) is 9.78 Å². The monoisotopic (exact) mass is 279 g/mol. The van der Waals surface area contributed by atoms with Gasteiger partial charge in [-0.1, -0.05) is 6.92 Å². The smallest absolute Gasteiger partial charge is 0.254 e. The summed E-state index contributed by atoms with van der Waals surface area (Å²) in [5.74, 6) is -0.0754. The first-order chi connectivity index (χ1) is 9.69. The molecule has 0 aliphatic heterocycles. The third kappa shape index (κ3) is 5.57. The van der Waals surface area contributed by atoms with Gasteiger partial charge in [0.15, 0.2) is 0 Å². The van der Waals surface area contributed by atoms with Crippen LogP contribution in [0.15, 0.2) is 12.3 Å². The largest absolute Gasteiger partial charge is 0.385 e. The van der Waals surface area contributed by atoms with Gasteiger partial charge in [0.05, 0.1) is 11.3 Å². The van der Waals surface area contributed by atoms with Gasteiger partial charge >= 0.3 is 0 Å². The fourth-order valence-corrected chi connectivity index (χ4v) is 1.82. The van der Waals surface area contributed by atoms with Crippen molar-refractivity contribution in [3.05, 3.63) is 23.5 Å². The van der Waals surface area contributed by atoms with E-state index in [4.69, 9.17) is 4.74 Å². The predicted octanol–water partition coefficient (Wildman–Crippen LogP) is 2.37. The lowest BCUT2D eigenvalue weighted by atomic mass is 10.2. The van der Waals surface area contributed by atoms with E-state index >= 15 is 0 Å². The number of carbonyl (C=O) groups is 1. The molecule has 2 N–H and O–H groups in total. The Kier molecular flexibility index (Phi) is 7.65. The van der Waals surface area contributed by atoms with Crippen molar-refractivity contribution >= 4 is 11.6 Å². The molecule has 1 rings (SSSR count). The Morgan fingerprint density at radius 1 is 1.35 bits per heavy atom. The van der Waals surface area contributed by atoms with Crippen molar-refractivity contribution in [2.45, 2.75) is 33.1 Å². The molecular formula is C15H25N3O2. The van der Waals surface area contributed by atoms with E-state index in [1.54, 1.807) is 13.3 Å². The highest BCUT2D eigenvalue weighted by atomic mass is 16.5. The molecule has 0 saturated carbocycles. The van der Waals surface area contributed by atoms with Gasteiger partial charge in [-0.25, -0.2) is 0 Å². The molecule has 0 aliphatic carbocycles. The highest BCUT2D eigenvalue weighted by Crippen LogP contribution is 2.15. The third-order valence-corrected chi connectivity index (χ3v) is 2.91. The lowest BCUT2D eigenvalue weighted by Crippen LogP contribution is -2.26. The Bertz CT molecular complexity index is 422. The Labute approximate surface area is 121 Å². The number of amides is 1. The van der Waals surface area contributed by atoms with Gasteiger partial charge in [0.25, 0.3) is 5.91 Å². The third-order valence-electron chi connectivity index (χ3n) is 2.91. The van der Waals surface area contributed by atoms with Crippen LogP contribution in [0.5, 0.6) is 0 Å². The number of hydrogen-bond donors (Lipinski definition) is 2. The molecule has 0 radical (unpaired) electrons. The molecule has 0 bridgehead atoms. The van der Waals surface area contributed by atoms with Crippen LogP contribution in [0.25, 0.3) is 0 Å². The number of nitrogens with one attached hydrogen (secondary N) is 2. The minimum absolute atomic E-state index is 0.0754. The second-order valence-electron chi connectivity index (χ2n) is 4.75. The lowest BCUT2D eigenvalue weighted by Gasteiger charge is -2.12. The van der Waals surface area contributed by atoms with Crippen LogP contribution < -0.4 is 10.6 Å². The molecule has 0 aromatic carbocycles. The highest BCUT2D eigenvalue weighted by Gasteiger charge is 2.11. The van der Waals surface area contributed by atoms with E-state index in [0.717, 1.165) is 43.8 Å². The summed E-state index contributed by atoms with van der Waals surface area (Å²) in [7, 11) is 1.68. The van der Waals surface area contributed by atoms with Crippen LogP contribution in [0.4, 0.5) is 5.69 Å². The molecule has 112 valence electrons. The Balaban J connectivity index is 2.57. The summed E-state index contributed by atoms with van der Waals surface area (Å²) < 4.78 is 4.98. The molecule has 0 aliphatic rings. The molecule has 20 heavy (non-hydrogen) atoms. The Morgan fingerprint density at radius 2 is 2.15 bits per heavy atom. The predicted molar refractivity (Wildman–Crippen MR) is 81.2 cm³/mol. The summed E-state index contributed by atoms with van der Waals surface area (Å²) in [6.45, 7) is 6.24. The fraction of sp³-hybridized carbons (Fsp3) is 0.600. The number of aryl methyl sites for hydroxylation is 1. The quantitative estimate of drug-likeness (QED) is 0.681. The van der Waals surface area contributed by atoms with E-state index in [1.807, 2.05) is 13.0 Å². The van der Waals surface area contributed by atoms with Crippen molar-refractivity contribution in [1.29, 1.82) is 0 Å². The first-order valence-electron chi connectivity index (χ1n) is 7.16. The molecule has 0 spiro atoms. The van der Waals surface area contributed by atoms with Crippen molar-refractivity contribution in [1.82, 2.24) is 10.3 Å². The SMILES string of the molecule is CCCNc1cc(C)ncc1C(=O)NCCCCOC. The normalized spacial score (nSPS) is 10.3. The summed E-state index contributed by atoms with van der Waals surface area (Å²) in [5, 5.41) is 6.19. The average molecular weight is 279 g/mol. The molecule has 1 heterocycles. The van der Waals surface area contributed by atoms with Crippen LogP contribution in [0.2, 0.25) is 0 Å². The van der Waals surface area contributed by atoms with Gasteiger partial charge in [-0.2, -0.15) is 0 Å². The van der Waals surface area contributed by atoms with Gasteiger partial charge < -0.3 is 15.4 Å². The van der Waals surface area contributed by atoms with Crippen LogP contribution >= 0.6 is 0 Å². The average Bonchev–Trinajstić information content (AvgIpc) is 2.44. The molecule has 0 saturated heterocycles. The number of pyridine rings is 1. The van der Waals surface area contributed by atoms with E-state index in [0.29, 0.717) is 12.1 Å². The summed E-state index contributed by atoms with van der Waals surface area (Å²) in [4.78, 5) is 16.4. The van der Waals surface area contributed by atoms with Crippen LogP contribution in [-0.4, -0.2) is 37.7 Å². The van der Waals surface area contributed by atoms with Crippen molar-refractivity contribution in [3.8, 4) is 0 Å². The van der Waals surface area contributed by atoms with Crippen molar-refractivity contribution in [2.24, 2.45) is 0 Å². The van der Waals surface area contributed by atoms with Gasteiger partial charge in [-0.05, 0) is 32.3 Å². The minimum Gasteiger partial charge on any atom is -0.385 e. The van der Waals surface area contributed by atoms with Gasteiger partial charge in [-0.15, -0.1) is 0 Å². The maximum Gasteiger partial charge on any atom is 0.254 e. The molecular weight excluding hydrogens is 254 g/mol. The lowest BCUT2D eigenvalue weighted by molar-refractivity contribution is 0.0952. The number of nitrogens with zero attached hydrogens (tertiary/aromatic N) is 1. The molecule has 1 aromatic heterocycles. The van der Waals surface area contributed by atoms with Crippen molar-refractivity contribution < 1.29 is 9.53 Å². The number of ether oxygens (including phenoxy) is 1. The number of methoxy groups -OCH3 is 1. The van der Waals surface area contributed by atoms with Crippen LogP contribution in [-0.2, 0) is 4.74 Å². The van der Waals surface area contributed by atoms with Gasteiger partial charge in [0, 0.05) is 38.7 Å². The molecule has 0 atom stereocenters. The van der Waals surface area contributed by atoms with E-state index in [1.165, 1.54) is 0 Å². The van der Waals surface area contributed by atoms with Crippen LogP contribution in [0.1, 0.15) is 42.2 Å². The summed E-state index contributed by atoms with van der Waals surface area (Å²) in [6.07, 6.45) is 4.51. The summed E-state index contributed by atoms with van der Waals surface area (Å²) in [5.41, 5.74) is 2.37. The Morgan fingerprint density at radius 3 is 2.85 bits per heavy atom. The fourth-order valence-electron chi connectivity index (χ4n) is 1.82. The van der Waals surface area contributed by atoms with Gasteiger partial charge in [0.2, 0.25) is 0 Å². The molecule has 1 amide bonds. The summed E-state index contributed by atoms with van der Waals surface area (Å²) in [6, 6.07) is 1.91. The molecule has 0 fully saturated rings. The number of unbranched alkanes of at least 4 members (excludes halogenated alkanes) is 1. The van der Waals surface area contributed by atoms with Crippen LogP contribution in [0, 0.1) is 6.92 Å². The maximum atomic E-state index is 12.2.